The maximum absolute atomic E-state index is 12.7. The van der Waals surface area contributed by atoms with Crippen LogP contribution < -0.4 is 19.5 Å². The lowest BCUT2D eigenvalue weighted by molar-refractivity contribution is 0.102. The smallest absolute Gasteiger partial charge is 0.336 e. The number of carbonyl (C=O) groups excluding carboxylic acids is 1. The molecule has 0 radical (unpaired) electrons. The Morgan fingerprint density at radius 3 is 2.58 bits per heavy atom. The van der Waals surface area contributed by atoms with Crippen LogP contribution >= 0.6 is 23.2 Å². The number of anilines is 1. The molecule has 0 aliphatic carbocycles. The molecule has 0 atom stereocenters. The van der Waals surface area contributed by atoms with Gasteiger partial charge in [-0.15, -0.1) is 5.10 Å². The molecule has 0 bridgehead atoms. The van der Waals surface area contributed by atoms with Gasteiger partial charge in [-0.1, -0.05) is 37.0 Å². The molecule has 1 aliphatic heterocycles. The summed E-state index contributed by atoms with van der Waals surface area (Å²) in [6, 6.07) is 17.8. The Bertz CT molecular complexity index is 1420. The summed E-state index contributed by atoms with van der Waals surface area (Å²) in [6.07, 6.45) is 0. The van der Waals surface area contributed by atoms with Gasteiger partial charge in [0, 0.05) is 16.3 Å². The van der Waals surface area contributed by atoms with E-state index in [0.717, 1.165) is 11.3 Å². The van der Waals surface area contributed by atoms with Crippen LogP contribution in [-0.2, 0) is 0 Å². The van der Waals surface area contributed by atoms with Crippen molar-refractivity contribution in [2.24, 2.45) is 5.92 Å². The number of aromatic nitrogens is 3. The Morgan fingerprint density at radius 2 is 1.83 bits per heavy atom. The molecule has 184 valence electrons. The molecule has 2 heterocycles. The van der Waals surface area contributed by atoms with Gasteiger partial charge in [-0.3, -0.25) is 4.79 Å². The average molecular weight is 525 g/mol. The van der Waals surface area contributed by atoms with E-state index in [2.05, 4.69) is 29.2 Å². The zero-order chi connectivity index (χ0) is 25.2. The number of fused-ring (bicyclic) bond motifs is 1. The first-order chi connectivity index (χ1) is 17.4. The number of benzene rings is 3. The van der Waals surface area contributed by atoms with Gasteiger partial charge in [0.2, 0.25) is 6.79 Å². The summed E-state index contributed by atoms with van der Waals surface area (Å²) in [5.74, 6) is 1.89. The van der Waals surface area contributed by atoms with E-state index in [1.54, 1.807) is 28.9 Å². The molecule has 0 unspecified atom stereocenters. The molecule has 0 spiro atoms. The molecule has 0 fully saturated rings. The van der Waals surface area contributed by atoms with E-state index < -0.39 is 0 Å². The molecule has 4 aromatic rings. The average Bonchev–Trinajstić information content (AvgIpc) is 3.50. The minimum absolute atomic E-state index is 0.183. The third-order valence-corrected chi connectivity index (χ3v) is 5.86. The standard InChI is InChI=1S/C26H22Cl2N4O4/c1-15(2)13-34-26-30-24(16-3-10-22-23(11-16)36-14-35-22)32(31-26)19-7-5-18(6-8-19)29-25(33)20-9-4-17(27)12-21(20)28/h3-12,15H,13-14H2,1-2H3,(H,29,33). The van der Waals surface area contributed by atoms with Gasteiger partial charge in [0.1, 0.15) is 0 Å². The first-order valence-corrected chi connectivity index (χ1v) is 12.0. The Labute approximate surface area is 217 Å². The summed E-state index contributed by atoms with van der Waals surface area (Å²) in [4.78, 5) is 17.3. The quantitative estimate of drug-likeness (QED) is 0.307. The van der Waals surface area contributed by atoms with Crippen molar-refractivity contribution in [2.75, 3.05) is 18.7 Å². The van der Waals surface area contributed by atoms with Gasteiger partial charge in [-0.2, -0.15) is 4.98 Å². The Balaban J connectivity index is 1.43. The summed E-state index contributed by atoms with van der Waals surface area (Å²) in [7, 11) is 0. The fraction of sp³-hybridized carbons (Fsp3) is 0.192. The number of carbonyl (C=O) groups is 1. The van der Waals surface area contributed by atoms with E-state index >= 15 is 0 Å². The van der Waals surface area contributed by atoms with Crippen LogP contribution in [0.25, 0.3) is 17.1 Å². The monoisotopic (exact) mass is 524 g/mol. The minimum atomic E-state index is -0.337. The lowest BCUT2D eigenvalue weighted by Gasteiger charge is -2.10. The summed E-state index contributed by atoms with van der Waals surface area (Å²) in [5, 5.41) is 8.16. The molecule has 0 saturated heterocycles. The van der Waals surface area contributed by atoms with Crippen LogP contribution in [0.1, 0.15) is 24.2 Å². The van der Waals surface area contributed by atoms with Gasteiger partial charge in [-0.05, 0) is 66.6 Å². The van der Waals surface area contributed by atoms with E-state index in [4.69, 9.17) is 37.4 Å². The molecule has 1 aromatic heterocycles. The second kappa shape index (κ2) is 10.1. The highest BCUT2D eigenvalue weighted by atomic mass is 35.5. The van der Waals surface area contributed by atoms with Crippen LogP contribution in [0.3, 0.4) is 0 Å². The molecule has 0 saturated carbocycles. The third-order valence-electron chi connectivity index (χ3n) is 5.31. The molecule has 8 nitrogen and oxygen atoms in total. The lowest BCUT2D eigenvalue weighted by Crippen LogP contribution is -2.12. The van der Waals surface area contributed by atoms with Gasteiger partial charge in [0.05, 0.1) is 22.9 Å². The number of ether oxygens (including phenoxy) is 3. The van der Waals surface area contributed by atoms with E-state index in [0.29, 0.717) is 46.1 Å². The van der Waals surface area contributed by atoms with Crippen LogP contribution in [0.15, 0.2) is 60.7 Å². The predicted octanol–water partition coefficient (Wildman–Crippen LogP) is 6.26. The zero-order valence-corrected chi connectivity index (χ0v) is 21.0. The molecule has 1 N–H and O–H groups in total. The third kappa shape index (κ3) is 5.10. The zero-order valence-electron chi connectivity index (χ0n) is 19.5. The normalized spacial score (nSPS) is 12.1. The summed E-state index contributed by atoms with van der Waals surface area (Å²) in [6.45, 7) is 4.78. The SMILES string of the molecule is CC(C)COc1nc(-c2ccc3c(c2)OCO3)n(-c2ccc(NC(=O)c3ccc(Cl)cc3Cl)cc2)n1. The fourth-order valence-corrected chi connectivity index (χ4v) is 4.05. The number of hydrogen-bond acceptors (Lipinski definition) is 6. The van der Waals surface area contributed by atoms with Crippen molar-refractivity contribution in [1.29, 1.82) is 0 Å². The molecular weight excluding hydrogens is 503 g/mol. The van der Waals surface area contributed by atoms with Gasteiger partial charge in [-0.25, -0.2) is 4.68 Å². The van der Waals surface area contributed by atoms with Crippen LogP contribution in [0.4, 0.5) is 5.69 Å². The first-order valence-electron chi connectivity index (χ1n) is 11.2. The molecular formula is C26H22Cl2N4O4. The highest BCUT2D eigenvalue weighted by Crippen LogP contribution is 2.36. The van der Waals surface area contributed by atoms with E-state index in [-0.39, 0.29) is 23.7 Å². The Kier molecular flexibility index (Phi) is 6.71. The van der Waals surface area contributed by atoms with Crippen molar-refractivity contribution in [3.05, 3.63) is 76.3 Å². The largest absolute Gasteiger partial charge is 0.462 e. The van der Waals surface area contributed by atoms with Crippen molar-refractivity contribution in [3.63, 3.8) is 0 Å². The second-order valence-electron chi connectivity index (χ2n) is 8.53. The van der Waals surface area contributed by atoms with Crippen molar-refractivity contribution >= 4 is 34.8 Å². The Morgan fingerprint density at radius 1 is 1.06 bits per heavy atom. The number of nitrogens with one attached hydrogen (secondary N) is 1. The highest BCUT2D eigenvalue weighted by molar-refractivity contribution is 6.37. The van der Waals surface area contributed by atoms with Gasteiger partial charge < -0.3 is 19.5 Å². The molecule has 1 amide bonds. The van der Waals surface area contributed by atoms with Crippen LogP contribution in [0.5, 0.6) is 17.5 Å². The molecule has 36 heavy (non-hydrogen) atoms. The summed E-state index contributed by atoms with van der Waals surface area (Å²) in [5.41, 5.74) is 2.45. The van der Waals surface area contributed by atoms with Crippen LogP contribution in [0.2, 0.25) is 10.0 Å². The predicted molar refractivity (Wildman–Crippen MR) is 138 cm³/mol. The fourth-order valence-electron chi connectivity index (χ4n) is 3.56. The van der Waals surface area contributed by atoms with Gasteiger partial charge in [0.25, 0.3) is 5.91 Å². The van der Waals surface area contributed by atoms with Crippen molar-refractivity contribution in [2.45, 2.75) is 13.8 Å². The maximum atomic E-state index is 12.7. The van der Waals surface area contributed by atoms with E-state index in [9.17, 15) is 4.79 Å². The molecule has 1 aliphatic rings. The number of amides is 1. The first kappa shape index (κ1) is 24.0. The van der Waals surface area contributed by atoms with Crippen molar-refractivity contribution < 1.29 is 19.0 Å². The molecule has 5 rings (SSSR count). The van der Waals surface area contributed by atoms with Crippen LogP contribution in [0, 0.1) is 5.92 Å². The van der Waals surface area contributed by atoms with E-state index in [1.807, 2.05) is 30.3 Å². The summed E-state index contributed by atoms with van der Waals surface area (Å²) < 4.78 is 18.4. The van der Waals surface area contributed by atoms with Gasteiger partial charge in [0.15, 0.2) is 17.3 Å². The molecule has 10 heteroatoms. The van der Waals surface area contributed by atoms with Crippen molar-refractivity contribution in [3.8, 4) is 34.6 Å². The van der Waals surface area contributed by atoms with Crippen LogP contribution in [-0.4, -0.2) is 34.1 Å². The Hall–Kier alpha value is -3.75. The number of hydrogen-bond donors (Lipinski definition) is 1. The minimum Gasteiger partial charge on any atom is -0.462 e. The maximum Gasteiger partial charge on any atom is 0.336 e. The number of halogens is 2. The highest BCUT2D eigenvalue weighted by Gasteiger charge is 2.20. The summed E-state index contributed by atoms with van der Waals surface area (Å²) >= 11 is 12.1. The number of nitrogens with zero attached hydrogens (tertiary/aromatic N) is 3. The van der Waals surface area contributed by atoms with E-state index in [1.165, 1.54) is 6.07 Å². The second-order valence-corrected chi connectivity index (χ2v) is 9.37. The number of rotatable bonds is 7. The lowest BCUT2D eigenvalue weighted by atomic mass is 10.2. The van der Waals surface area contributed by atoms with Gasteiger partial charge >= 0.3 is 6.01 Å². The molecule has 3 aromatic carbocycles. The topological polar surface area (TPSA) is 87.5 Å². The van der Waals surface area contributed by atoms with Crippen molar-refractivity contribution in [1.82, 2.24) is 14.8 Å².